The number of pyridine rings is 1. The number of aryl methyl sites for hydroxylation is 2. The topological polar surface area (TPSA) is 78.0 Å². The number of nitrogen functional groups attached to an aromatic ring is 1. The summed E-state index contributed by atoms with van der Waals surface area (Å²) in [6.45, 7) is 1.68. The van der Waals surface area contributed by atoms with Gasteiger partial charge in [0.05, 0.1) is 41.5 Å². The van der Waals surface area contributed by atoms with Gasteiger partial charge in [0.2, 0.25) is 0 Å². The standard InChI is InChI=1S/C17H17F2N5O/c1-9-15(16-11(18)6-10(25-3)7-12(16)19)17(24(2)23-9)22-14-8-21-5-4-13(14)20/h4-8,22H,1-3H3,(H2,20,21). The third-order valence-electron chi connectivity index (χ3n) is 3.83. The van der Waals surface area contributed by atoms with E-state index in [0.29, 0.717) is 28.5 Å². The van der Waals surface area contributed by atoms with E-state index >= 15 is 0 Å². The van der Waals surface area contributed by atoms with Crippen LogP contribution in [0.2, 0.25) is 0 Å². The molecular formula is C17H17F2N5O. The summed E-state index contributed by atoms with van der Waals surface area (Å²) in [5.41, 5.74) is 7.48. The summed E-state index contributed by atoms with van der Waals surface area (Å²) < 4.78 is 35.5. The molecule has 3 N–H and O–H groups in total. The molecule has 3 rings (SSSR count). The van der Waals surface area contributed by atoms with Crippen LogP contribution in [0.1, 0.15) is 5.69 Å². The van der Waals surface area contributed by atoms with Gasteiger partial charge in [-0.25, -0.2) is 8.78 Å². The van der Waals surface area contributed by atoms with E-state index in [1.165, 1.54) is 18.0 Å². The van der Waals surface area contributed by atoms with Gasteiger partial charge in [-0.15, -0.1) is 0 Å². The Morgan fingerprint density at radius 2 is 1.88 bits per heavy atom. The monoisotopic (exact) mass is 345 g/mol. The molecule has 25 heavy (non-hydrogen) atoms. The Bertz CT molecular complexity index is 916. The van der Waals surface area contributed by atoms with E-state index in [9.17, 15) is 8.78 Å². The minimum absolute atomic E-state index is 0.103. The van der Waals surface area contributed by atoms with Crippen LogP contribution in [-0.4, -0.2) is 21.9 Å². The van der Waals surface area contributed by atoms with Gasteiger partial charge in [0.1, 0.15) is 23.2 Å². The Kier molecular flexibility index (Phi) is 4.26. The maximum absolute atomic E-state index is 14.5. The number of hydrogen-bond acceptors (Lipinski definition) is 5. The van der Waals surface area contributed by atoms with Gasteiger partial charge < -0.3 is 15.8 Å². The molecule has 0 amide bonds. The van der Waals surface area contributed by atoms with Crippen LogP contribution in [0.25, 0.3) is 11.1 Å². The van der Waals surface area contributed by atoms with Gasteiger partial charge in [-0.1, -0.05) is 0 Å². The second kappa shape index (κ2) is 6.39. The van der Waals surface area contributed by atoms with Gasteiger partial charge in [0.15, 0.2) is 0 Å². The van der Waals surface area contributed by atoms with Crippen molar-refractivity contribution in [2.45, 2.75) is 6.92 Å². The highest BCUT2D eigenvalue weighted by atomic mass is 19.1. The van der Waals surface area contributed by atoms with Crippen molar-refractivity contribution in [2.24, 2.45) is 7.05 Å². The van der Waals surface area contributed by atoms with E-state index in [0.717, 1.165) is 12.1 Å². The summed E-state index contributed by atoms with van der Waals surface area (Å²) in [5.74, 6) is -0.975. The summed E-state index contributed by atoms with van der Waals surface area (Å²) in [7, 11) is 3.02. The predicted octanol–water partition coefficient (Wildman–Crippen LogP) is 3.40. The summed E-state index contributed by atoms with van der Waals surface area (Å²) in [4.78, 5) is 4.00. The van der Waals surface area contributed by atoms with Gasteiger partial charge in [0.25, 0.3) is 0 Å². The Morgan fingerprint density at radius 3 is 2.48 bits per heavy atom. The minimum atomic E-state index is -0.741. The second-order valence-electron chi connectivity index (χ2n) is 5.49. The zero-order valence-electron chi connectivity index (χ0n) is 14.0. The number of methoxy groups -OCH3 is 1. The molecule has 8 heteroatoms. The van der Waals surface area contributed by atoms with Gasteiger partial charge in [-0.3, -0.25) is 9.67 Å². The highest BCUT2D eigenvalue weighted by Gasteiger charge is 2.23. The van der Waals surface area contributed by atoms with Crippen LogP contribution >= 0.6 is 0 Å². The summed E-state index contributed by atoms with van der Waals surface area (Å²) in [6, 6.07) is 3.89. The van der Waals surface area contributed by atoms with Crippen LogP contribution in [0, 0.1) is 18.6 Å². The molecule has 3 aromatic rings. The van der Waals surface area contributed by atoms with Crippen LogP contribution < -0.4 is 15.8 Å². The molecular weight excluding hydrogens is 328 g/mol. The number of aromatic nitrogens is 3. The van der Waals surface area contributed by atoms with Crippen LogP contribution in [0.3, 0.4) is 0 Å². The van der Waals surface area contributed by atoms with Crippen LogP contribution in [0.5, 0.6) is 5.75 Å². The minimum Gasteiger partial charge on any atom is -0.497 e. The first kappa shape index (κ1) is 16.7. The van der Waals surface area contributed by atoms with E-state index in [-0.39, 0.29) is 11.3 Å². The summed E-state index contributed by atoms with van der Waals surface area (Å²) in [5, 5.41) is 7.33. The van der Waals surface area contributed by atoms with Crippen molar-refractivity contribution < 1.29 is 13.5 Å². The molecule has 2 heterocycles. The second-order valence-corrected chi connectivity index (χ2v) is 5.49. The normalized spacial score (nSPS) is 10.8. The lowest BCUT2D eigenvalue weighted by atomic mass is 10.0. The molecule has 1 aromatic carbocycles. The maximum Gasteiger partial charge on any atom is 0.137 e. The molecule has 0 atom stereocenters. The fourth-order valence-electron chi connectivity index (χ4n) is 2.64. The maximum atomic E-state index is 14.5. The molecule has 0 fully saturated rings. The molecule has 0 aliphatic rings. The Morgan fingerprint density at radius 1 is 1.20 bits per heavy atom. The first-order valence-corrected chi connectivity index (χ1v) is 7.46. The number of benzene rings is 1. The molecule has 130 valence electrons. The van der Waals surface area contributed by atoms with E-state index in [2.05, 4.69) is 15.4 Å². The average molecular weight is 345 g/mol. The van der Waals surface area contributed by atoms with Gasteiger partial charge in [-0.2, -0.15) is 5.10 Å². The number of nitrogens with two attached hydrogens (primary N) is 1. The molecule has 6 nitrogen and oxygen atoms in total. The highest BCUT2D eigenvalue weighted by Crippen LogP contribution is 2.38. The van der Waals surface area contributed by atoms with Crippen molar-refractivity contribution in [2.75, 3.05) is 18.2 Å². The van der Waals surface area contributed by atoms with Crippen molar-refractivity contribution in [1.82, 2.24) is 14.8 Å². The van der Waals surface area contributed by atoms with Crippen molar-refractivity contribution in [1.29, 1.82) is 0 Å². The van der Waals surface area contributed by atoms with Gasteiger partial charge in [-0.05, 0) is 13.0 Å². The Hall–Kier alpha value is -3.16. The molecule has 0 aliphatic carbocycles. The lowest BCUT2D eigenvalue weighted by Crippen LogP contribution is -2.04. The van der Waals surface area contributed by atoms with E-state index < -0.39 is 11.6 Å². The molecule has 0 bridgehead atoms. The van der Waals surface area contributed by atoms with Crippen LogP contribution in [0.15, 0.2) is 30.6 Å². The first-order valence-electron chi connectivity index (χ1n) is 7.46. The summed E-state index contributed by atoms with van der Waals surface area (Å²) >= 11 is 0. The number of nitrogens with one attached hydrogen (secondary N) is 1. The number of halogens is 2. The quantitative estimate of drug-likeness (QED) is 0.758. The van der Waals surface area contributed by atoms with Crippen molar-refractivity contribution in [3.8, 4) is 16.9 Å². The van der Waals surface area contributed by atoms with Crippen molar-refractivity contribution >= 4 is 17.2 Å². The lowest BCUT2D eigenvalue weighted by molar-refractivity contribution is 0.407. The number of nitrogens with zero attached hydrogens (tertiary/aromatic N) is 3. The fraction of sp³-hybridized carbons (Fsp3) is 0.176. The third-order valence-corrected chi connectivity index (χ3v) is 3.83. The Labute approximate surface area is 143 Å². The largest absolute Gasteiger partial charge is 0.497 e. The van der Waals surface area contributed by atoms with Crippen LogP contribution in [0.4, 0.5) is 26.0 Å². The molecule has 2 aromatic heterocycles. The number of rotatable bonds is 4. The van der Waals surface area contributed by atoms with Crippen molar-refractivity contribution in [3.63, 3.8) is 0 Å². The van der Waals surface area contributed by atoms with Crippen LogP contribution in [-0.2, 0) is 7.05 Å². The highest BCUT2D eigenvalue weighted by molar-refractivity contribution is 5.83. The molecule has 0 spiro atoms. The Balaban J connectivity index is 2.17. The summed E-state index contributed by atoms with van der Waals surface area (Å²) in [6.07, 6.45) is 3.08. The van der Waals surface area contributed by atoms with E-state index in [1.54, 1.807) is 26.2 Å². The molecule has 0 saturated heterocycles. The third kappa shape index (κ3) is 2.98. The van der Waals surface area contributed by atoms with Gasteiger partial charge in [0, 0.05) is 25.4 Å². The van der Waals surface area contributed by atoms with Gasteiger partial charge >= 0.3 is 0 Å². The van der Waals surface area contributed by atoms with Crippen molar-refractivity contribution in [3.05, 3.63) is 47.9 Å². The van der Waals surface area contributed by atoms with E-state index in [4.69, 9.17) is 10.5 Å². The first-order chi connectivity index (χ1) is 11.9. The molecule has 0 radical (unpaired) electrons. The number of hydrogen-bond donors (Lipinski definition) is 2. The lowest BCUT2D eigenvalue weighted by Gasteiger charge is -2.13. The number of ether oxygens (including phenoxy) is 1. The average Bonchev–Trinajstić information content (AvgIpc) is 2.83. The number of anilines is 3. The molecule has 0 unspecified atom stereocenters. The zero-order chi connectivity index (χ0) is 18.1. The van der Waals surface area contributed by atoms with E-state index in [1.807, 2.05) is 0 Å². The zero-order valence-corrected chi connectivity index (χ0v) is 14.0. The predicted molar refractivity (Wildman–Crippen MR) is 91.8 cm³/mol. The SMILES string of the molecule is COc1cc(F)c(-c2c(C)nn(C)c2Nc2cnccc2N)c(F)c1. The fourth-order valence-corrected chi connectivity index (χ4v) is 2.64. The molecule has 0 aliphatic heterocycles. The smallest absolute Gasteiger partial charge is 0.137 e. The molecule has 0 saturated carbocycles.